The van der Waals surface area contributed by atoms with Crippen molar-refractivity contribution in [2.75, 3.05) is 18.1 Å². The molecule has 4 aromatic carbocycles. The zero-order valence-electron chi connectivity index (χ0n) is 55.1. The van der Waals surface area contributed by atoms with Crippen LogP contribution in [0.4, 0.5) is 0 Å². The van der Waals surface area contributed by atoms with Crippen LogP contribution in [0.15, 0.2) is 103 Å². The predicted molar refractivity (Wildman–Crippen MR) is 360 cm³/mol. The van der Waals surface area contributed by atoms with Crippen molar-refractivity contribution in [2.24, 2.45) is 29.2 Å². The highest BCUT2D eigenvalue weighted by molar-refractivity contribution is 8.00. The standard InChI is InChI=1S/C68H86N12O18S/c1-36(2)27-46-58(87)76-49(30-40-17-23-44(82)24-18-40)63(92)80-68(25-9-6-10-26-68)67(98)78-51(32-53(69)83)62(91)79-56(37(3)4)64(93)71-33-54(84)72-47(28-38-13-19-42(20-14-38)41-11-7-5-8-12-41)59(88)75-48(29-39-15-21-43(81)22-16-39)60(89)77-52(57(70)86)34-99-35-55(85)73-50(61(90)74-46)31-45(65(94)95)66(96)97/h5,7-8,11-24,36-37,45-52,56,81-82H,6,9-10,25-35H2,1-4H3,(H2,69,83)(H2,70,86)(H,71,93)(H,72,84)(H,73,85)(H,74,90)(H,75,88)(H,76,87)(H,77,89)(H,78,98)(H,79,91)(H,80,92)(H,94,95)(H,96,97)/t46-,47-,48+,49+,50+,51+,52+,56-/m1/s1. The van der Waals surface area contributed by atoms with E-state index in [2.05, 4.69) is 53.2 Å². The number of hydrogen-bond acceptors (Lipinski definition) is 17. The van der Waals surface area contributed by atoms with Crippen LogP contribution in [0.5, 0.6) is 11.5 Å². The van der Waals surface area contributed by atoms with E-state index in [4.69, 9.17) is 11.5 Å². The Kier molecular flexibility index (Phi) is 28.7. The Labute approximate surface area is 574 Å². The molecule has 6 rings (SSSR count). The van der Waals surface area contributed by atoms with Crippen LogP contribution in [-0.4, -0.2) is 175 Å². The molecular weight excluding hydrogens is 1300 g/mol. The van der Waals surface area contributed by atoms with Crippen LogP contribution >= 0.6 is 11.8 Å². The number of carboxylic acids is 2. The third-order valence-electron chi connectivity index (χ3n) is 16.6. The first kappa shape index (κ1) is 77.4. The number of thioether (sulfide) groups is 1. The Morgan fingerprint density at radius 2 is 0.960 bits per heavy atom. The zero-order chi connectivity index (χ0) is 72.7. The lowest BCUT2D eigenvalue weighted by atomic mass is 9.80. The molecule has 99 heavy (non-hydrogen) atoms. The molecule has 0 aromatic heterocycles. The van der Waals surface area contributed by atoms with Gasteiger partial charge in [0.25, 0.3) is 0 Å². The fourth-order valence-corrected chi connectivity index (χ4v) is 12.1. The van der Waals surface area contributed by atoms with Gasteiger partial charge in [0, 0.05) is 31.4 Å². The number of primary amides is 2. The Hall–Kier alpha value is -10.6. The minimum atomic E-state index is -2.31. The second-order valence-corrected chi connectivity index (χ2v) is 26.3. The molecule has 31 heteroatoms. The van der Waals surface area contributed by atoms with E-state index in [1.54, 1.807) is 52.0 Å². The van der Waals surface area contributed by atoms with Crippen molar-refractivity contribution >= 4 is 94.6 Å². The van der Waals surface area contributed by atoms with Crippen molar-refractivity contribution in [2.45, 2.75) is 152 Å². The lowest BCUT2D eigenvalue weighted by Gasteiger charge is -2.39. The van der Waals surface area contributed by atoms with E-state index in [1.807, 2.05) is 30.3 Å². The first-order chi connectivity index (χ1) is 46.9. The molecule has 12 amide bonds. The number of hydrogen-bond donors (Lipinski definition) is 16. The van der Waals surface area contributed by atoms with Gasteiger partial charge in [-0.1, -0.05) is 126 Å². The highest BCUT2D eigenvalue weighted by Crippen LogP contribution is 2.30. The molecule has 0 unspecified atom stereocenters. The van der Waals surface area contributed by atoms with Gasteiger partial charge in [0.05, 0.1) is 18.7 Å². The number of phenols is 2. The fraction of sp³-hybridized carbons (Fsp3) is 0.441. The lowest BCUT2D eigenvalue weighted by molar-refractivity contribution is -0.155. The minimum absolute atomic E-state index is 0.0377. The molecule has 18 N–H and O–H groups in total. The Morgan fingerprint density at radius 1 is 0.505 bits per heavy atom. The molecule has 4 aromatic rings. The van der Waals surface area contributed by atoms with E-state index < -0.39 is 185 Å². The molecule has 2 aliphatic rings. The summed E-state index contributed by atoms with van der Waals surface area (Å²) >= 11 is 0.674. The largest absolute Gasteiger partial charge is 0.508 e. The van der Waals surface area contributed by atoms with E-state index in [-0.39, 0.29) is 50.0 Å². The number of nitrogens with two attached hydrogens (primary N) is 2. The smallest absolute Gasteiger partial charge is 0.317 e. The van der Waals surface area contributed by atoms with Gasteiger partial charge in [-0.2, -0.15) is 0 Å². The minimum Gasteiger partial charge on any atom is -0.508 e. The van der Waals surface area contributed by atoms with Crippen LogP contribution in [0.3, 0.4) is 0 Å². The molecule has 532 valence electrons. The third-order valence-corrected chi connectivity index (χ3v) is 17.6. The molecule has 1 heterocycles. The van der Waals surface area contributed by atoms with Gasteiger partial charge in [-0.05, 0) is 83.2 Å². The lowest BCUT2D eigenvalue weighted by Crippen LogP contribution is -2.66. The molecule has 8 atom stereocenters. The number of aromatic hydroxyl groups is 2. The van der Waals surface area contributed by atoms with Gasteiger partial charge in [0.1, 0.15) is 65.4 Å². The molecule has 1 aliphatic heterocycles. The van der Waals surface area contributed by atoms with E-state index >= 15 is 0 Å². The number of carbonyl (C=O) groups is 14. The summed E-state index contributed by atoms with van der Waals surface area (Å²) in [4.78, 5) is 195. The third kappa shape index (κ3) is 23.9. The number of rotatable bonds is 17. The van der Waals surface area contributed by atoms with Crippen LogP contribution in [0.1, 0.15) is 95.8 Å². The van der Waals surface area contributed by atoms with Crippen molar-refractivity contribution in [3.8, 4) is 22.6 Å². The highest BCUT2D eigenvalue weighted by atomic mass is 32.2. The number of amides is 12. The molecule has 0 bridgehead atoms. The molecule has 0 radical (unpaired) electrons. The van der Waals surface area contributed by atoms with Gasteiger partial charge < -0.3 is 85.1 Å². The average molecular weight is 1390 g/mol. The number of carbonyl (C=O) groups excluding carboxylic acids is 12. The van der Waals surface area contributed by atoms with E-state index in [9.17, 15) is 87.5 Å². The maximum Gasteiger partial charge on any atom is 0.317 e. The Balaban J connectivity index is 1.41. The molecular formula is C68H86N12O18S. The molecule has 1 saturated carbocycles. The molecule has 1 aliphatic carbocycles. The summed E-state index contributed by atoms with van der Waals surface area (Å²) in [6.07, 6.45) is -1.71. The van der Waals surface area contributed by atoms with Crippen molar-refractivity contribution in [1.29, 1.82) is 0 Å². The number of nitrogens with one attached hydrogen (secondary N) is 10. The summed E-state index contributed by atoms with van der Waals surface area (Å²) in [6.45, 7) is 5.62. The number of carboxylic acid groups (broad SMARTS) is 2. The molecule has 2 fully saturated rings. The monoisotopic (exact) mass is 1390 g/mol. The summed E-state index contributed by atoms with van der Waals surface area (Å²) in [5.74, 6) is -21.0. The highest BCUT2D eigenvalue weighted by Gasteiger charge is 2.45. The second kappa shape index (κ2) is 36.7. The van der Waals surface area contributed by atoms with Gasteiger partial charge in [-0.3, -0.25) is 67.1 Å². The van der Waals surface area contributed by atoms with Gasteiger partial charge in [-0.15, -0.1) is 11.8 Å². The number of phenolic OH excluding ortho intramolecular Hbond substituents is 2. The SMILES string of the molecule is CC(C)C[C@H]1NC(=O)[C@H](CC(C(=O)O)C(=O)O)NC(=O)CSC[C@@H](C(N)=O)NC(=O)[C@H](Cc2ccc(O)cc2)NC(=O)[C@@H](Cc2ccc(-c3ccccc3)cc2)NC(=O)CNC(=O)[C@@H](C(C)C)NC(=O)[C@H](CC(N)=O)NC(=O)C2(CCCCC2)NC(=O)[C@H](Cc2ccc(O)cc2)NC1=O. The predicted octanol–water partition coefficient (Wildman–Crippen LogP) is -0.409. The fourth-order valence-electron chi connectivity index (χ4n) is 11.2. The topological polar surface area (TPSA) is 492 Å². The van der Waals surface area contributed by atoms with Gasteiger partial charge in [0.2, 0.25) is 70.9 Å². The Morgan fingerprint density at radius 3 is 1.46 bits per heavy atom. The van der Waals surface area contributed by atoms with Crippen molar-refractivity contribution in [1.82, 2.24) is 53.2 Å². The summed E-state index contributed by atoms with van der Waals surface area (Å²) in [5, 5.41) is 65.6. The molecule has 30 nitrogen and oxygen atoms in total. The second-order valence-electron chi connectivity index (χ2n) is 25.3. The maximum atomic E-state index is 14.9. The van der Waals surface area contributed by atoms with Crippen molar-refractivity contribution < 1.29 is 87.5 Å². The van der Waals surface area contributed by atoms with Crippen molar-refractivity contribution in [3.05, 3.63) is 120 Å². The van der Waals surface area contributed by atoms with Crippen LogP contribution in [0.25, 0.3) is 11.1 Å². The molecule has 1 spiro atoms. The normalized spacial score (nSPS) is 22.6. The number of aliphatic carboxylic acids is 2. The van der Waals surface area contributed by atoms with Crippen molar-refractivity contribution in [3.63, 3.8) is 0 Å². The van der Waals surface area contributed by atoms with E-state index in [0.717, 1.165) is 11.1 Å². The van der Waals surface area contributed by atoms with Crippen LogP contribution in [0, 0.1) is 17.8 Å². The van der Waals surface area contributed by atoms with E-state index in [0.29, 0.717) is 47.7 Å². The van der Waals surface area contributed by atoms with Gasteiger partial charge in [0.15, 0.2) is 5.92 Å². The average Bonchev–Trinajstić information content (AvgIpc) is 0.801. The maximum absolute atomic E-state index is 14.9. The van der Waals surface area contributed by atoms with Gasteiger partial charge >= 0.3 is 11.9 Å². The summed E-state index contributed by atoms with van der Waals surface area (Å²) in [6, 6.07) is 14.2. The van der Waals surface area contributed by atoms with Crippen LogP contribution < -0.4 is 64.6 Å². The first-order valence-corrected chi connectivity index (χ1v) is 33.4. The summed E-state index contributed by atoms with van der Waals surface area (Å²) < 4.78 is 0. The number of benzene rings is 4. The molecule has 1 saturated heterocycles. The van der Waals surface area contributed by atoms with Crippen LogP contribution in [0.2, 0.25) is 0 Å². The summed E-state index contributed by atoms with van der Waals surface area (Å²) in [7, 11) is 0. The first-order valence-electron chi connectivity index (χ1n) is 32.2. The quantitative estimate of drug-likeness (QED) is 0.0598. The van der Waals surface area contributed by atoms with E-state index in [1.165, 1.54) is 48.5 Å². The van der Waals surface area contributed by atoms with Crippen LogP contribution in [-0.2, 0) is 86.4 Å². The zero-order valence-corrected chi connectivity index (χ0v) is 55.9. The van der Waals surface area contributed by atoms with Gasteiger partial charge in [-0.25, -0.2) is 0 Å². The Bertz CT molecular complexity index is 3560. The summed E-state index contributed by atoms with van der Waals surface area (Å²) in [5.41, 5.74) is 12.5.